The first-order chi connectivity index (χ1) is 13.7. The van der Waals surface area contributed by atoms with Crippen LogP contribution in [-0.4, -0.2) is 23.2 Å². The van der Waals surface area contributed by atoms with E-state index in [1.807, 2.05) is 49.4 Å². The highest BCUT2D eigenvalue weighted by Gasteiger charge is 2.21. The molecule has 0 spiro atoms. The number of hydrogen-bond acceptors (Lipinski definition) is 5. The molecule has 0 fully saturated rings. The van der Waals surface area contributed by atoms with Crippen LogP contribution in [0.2, 0.25) is 0 Å². The van der Waals surface area contributed by atoms with Crippen LogP contribution in [0, 0.1) is 5.92 Å². The van der Waals surface area contributed by atoms with Gasteiger partial charge in [0.05, 0.1) is 0 Å². The van der Waals surface area contributed by atoms with Crippen LogP contribution in [0.5, 0.6) is 11.6 Å². The first kappa shape index (κ1) is 20.6. The molecule has 1 heterocycles. The van der Waals surface area contributed by atoms with Gasteiger partial charge < -0.3 is 20.9 Å². The van der Waals surface area contributed by atoms with Gasteiger partial charge in [0.1, 0.15) is 12.4 Å². The van der Waals surface area contributed by atoms with Crippen molar-refractivity contribution in [2.45, 2.75) is 32.7 Å². The van der Waals surface area contributed by atoms with E-state index in [-0.39, 0.29) is 5.88 Å². The van der Waals surface area contributed by atoms with E-state index < -0.39 is 11.6 Å². The zero-order chi connectivity index (χ0) is 21.0. The molecule has 2 aromatic carbocycles. The van der Waals surface area contributed by atoms with Crippen LogP contribution >= 0.6 is 0 Å². The van der Waals surface area contributed by atoms with Crippen LogP contribution in [0.15, 0.2) is 54.7 Å². The monoisotopic (exact) mass is 393 g/mol. The maximum absolute atomic E-state index is 11.0. The quantitative estimate of drug-likeness (QED) is 0.615. The number of carbonyl (C=O) groups is 1. The SMILES string of the molecule is CC(C)CC(C)(N)COc1ccc(-c2ccnc(OC(N)=O)c2)c2ccccc12. The molecule has 0 aliphatic carbocycles. The molecule has 1 aromatic heterocycles. The van der Waals surface area contributed by atoms with Gasteiger partial charge in [-0.15, -0.1) is 0 Å². The predicted octanol–water partition coefficient (Wildman–Crippen LogP) is 4.50. The summed E-state index contributed by atoms with van der Waals surface area (Å²) in [6.45, 7) is 6.75. The van der Waals surface area contributed by atoms with Crippen molar-refractivity contribution < 1.29 is 14.3 Å². The normalized spacial score (nSPS) is 13.3. The molecule has 29 heavy (non-hydrogen) atoms. The van der Waals surface area contributed by atoms with Gasteiger partial charge in [0.15, 0.2) is 0 Å². The van der Waals surface area contributed by atoms with E-state index >= 15 is 0 Å². The van der Waals surface area contributed by atoms with Crippen LogP contribution in [0.25, 0.3) is 21.9 Å². The van der Waals surface area contributed by atoms with E-state index in [1.165, 1.54) is 0 Å². The smallest absolute Gasteiger partial charge is 0.411 e. The number of fused-ring (bicyclic) bond motifs is 1. The van der Waals surface area contributed by atoms with E-state index in [2.05, 4.69) is 18.8 Å². The molecule has 3 rings (SSSR count). The van der Waals surface area contributed by atoms with Crippen molar-refractivity contribution in [3.8, 4) is 22.8 Å². The number of amides is 1. The molecular formula is C23H27N3O3. The topological polar surface area (TPSA) is 100 Å². The summed E-state index contributed by atoms with van der Waals surface area (Å²) in [6.07, 6.45) is 1.57. The van der Waals surface area contributed by atoms with E-state index in [9.17, 15) is 4.79 Å². The van der Waals surface area contributed by atoms with Crippen molar-refractivity contribution in [1.29, 1.82) is 0 Å². The van der Waals surface area contributed by atoms with E-state index in [4.69, 9.17) is 20.9 Å². The van der Waals surface area contributed by atoms with Crippen LogP contribution in [0.1, 0.15) is 27.2 Å². The second kappa shape index (κ2) is 8.49. The fourth-order valence-corrected chi connectivity index (χ4v) is 3.62. The number of ether oxygens (including phenoxy) is 2. The molecule has 1 unspecified atom stereocenters. The summed E-state index contributed by atoms with van der Waals surface area (Å²) < 4.78 is 11.0. The Morgan fingerprint density at radius 2 is 1.86 bits per heavy atom. The van der Waals surface area contributed by atoms with E-state index in [0.29, 0.717) is 12.5 Å². The Balaban J connectivity index is 1.95. The van der Waals surface area contributed by atoms with Gasteiger partial charge in [-0.05, 0) is 47.9 Å². The number of rotatable bonds is 7. The van der Waals surface area contributed by atoms with Crippen molar-refractivity contribution in [2.75, 3.05) is 6.61 Å². The second-order valence-corrected chi connectivity index (χ2v) is 8.00. The molecule has 0 aliphatic heterocycles. The van der Waals surface area contributed by atoms with Gasteiger partial charge in [0.2, 0.25) is 5.88 Å². The van der Waals surface area contributed by atoms with Crippen LogP contribution in [0.4, 0.5) is 4.79 Å². The number of pyridine rings is 1. The lowest BCUT2D eigenvalue weighted by molar-refractivity contribution is 0.208. The highest BCUT2D eigenvalue weighted by molar-refractivity contribution is 6.00. The molecule has 6 nitrogen and oxygen atoms in total. The zero-order valence-electron chi connectivity index (χ0n) is 17.0. The van der Waals surface area contributed by atoms with Gasteiger partial charge in [-0.2, -0.15) is 0 Å². The Bertz CT molecular complexity index is 1020. The lowest BCUT2D eigenvalue weighted by Crippen LogP contribution is -2.43. The van der Waals surface area contributed by atoms with Crippen LogP contribution in [0.3, 0.4) is 0 Å². The fraction of sp³-hybridized carbons (Fsp3) is 0.304. The van der Waals surface area contributed by atoms with Crippen molar-refractivity contribution in [1.82, 2.24) is 4.98 Å². The van der Waals surface area contributed by atoms with Crippen molar-refractivity contribution in [3.05, 3.63) is 54.7 Å². The maximum atomic E-state index is 11.0. The third kappa shape index (κ3) is 5.23. The highest BCUT2D eigenvalue weighted by Crippen LogP contribution is 2.35. The molecule has 0 saturated carbocycles. The van der Waals surface area contributed by atoms with Crippen LogP contribution < -0.4 is 20.9 Å². The average Bonchev–Trinajstić information content (AvgIpc) is 2.65. The number of benzene rings is 2. The first-order valence-corrected chi connectivity index (χ1v) is 9.62. The molecule has 0 saturated heterocycles. The third-order valence-corrected chi connectivity index (χ3v) is 4.57. The summed E-state index contributed by atoms with van der Waals surface area (Å²) in [5.74, 6) is 1.44. The first-order valence-electron chi connectivity index (χ1n) is 9.62. The Morgan fingerprint density at radius 3 is 2.55 bits per heavy atom. The van der Waals surface area contributed by atoms with E-state index in [1.54, 1.807) is 12.3 Å². The summed E-state index contributed by atoms with van der Waals surface area (Å²) in [5, 5.41) is 2.00. The summed E-state index contributed by atoms with van der Waals surface area (Å²) in [4.78, 5) is 15.0. The van der Waals surface area contributed by atoms with Crippen LogP contribution in [-0.2, 0) is 0 Å². The molecule has 6 heteroatoms. The van der Waals surface area contributed by atoms with Gasteiger partial charge in [0, 0.05) is 23.2 Å². The Labute approximate surface area is 170 Å². The number of nitrogens with zero attached hydrogens (tertiary/aromatic N) is 1. The third-order valence-electron chi connectivity index (χ3n) is 4.57. The Hall–Kier alpha value is -3.12. The summed E-state index contributed by atoms with van der Waals surface area (Å²) in [5.41, 5.74) is 12.9. The van der Waals surface area contributed by atoms with Gasteiger partial charge in [-0.25, -0.2) is 9.78 Å². The molecule has 1 amide bonds. The minimum atomic E-state index is -0.894. The van der Waals surface area contributed by atoms with Gasteiger partial charge in [0.25, 0.3) is 0 Å². The number of carbonyl (C=O) groups excluding carboxylic acids is 1. The van der Waals surface area contributed by atoms with Crippen molar-refractivity contribution >= 4 is 16.9 Å². The standard InChI is InChI=1S/C23H27N3O3/c1-15(2)13-23(3,25)14-28-20-9-8-17(18-6-4-5-7-19(18)20)16-10-11-26-21(12-16)29-22(24)27/h4-12,15H,13-14,25H2,1-3H3,(H2,24,27). The van der Waals surface area contributed by atoms with Crippen molar-refractivity contribution in [2.24, 2.45) is 17.4 Å². The second-order valence-electron chi connectivity index (χ2n) is 8.00. The molecule has 0 bridgehead atoms. The number of primary amides is 1. The molecule has 152 valence electrons. The van der Waals surface area contributed by atoms with Gasteiger partial charge in [-0.1, -0.05) is 44.2 Å². The van der Waals surface area contributed by atoms with Gasteiger partial charge >= 0.3 is 6.09 Å². The minimum absolute atomic E-state index is 0.159. The number of aromatic nitrogens is 1. The summed E-state index contributed by atoms with van der Waals surface area (Å²) in [7, 11) is 0. The Kier molecular flexibility index (Phi) is 6.03. The molecule has 0 aliphatic rings. The molecule has 1 atom stereocenters. The fourth-order valence-electron chi connectivity index (χ4n) is 3.62. The van der Waals surface area contributed by atoms with Gasteiger partial charge in [-0.3, -0.25) is 0 Å². The van der Waals surface area contributed by atoms with Crippen molar-refractivity contribution in [3.63, 3.8) is 0 Å². The lowest BCUT2D eigenvalue weighted by Gasteiger charge is -2.27. The maximum Gasteiger partial charge on any atom is 0.411 e. The lowest BCUT2D eigenvalue weighted by atomic mass is 9.92. The largest absolute Gasteiger partial charge is 0.491 e. The Morgan fingerprint density at radius 1 is 1.14 bits per heavy atom. The minimum Gasteiger partial charge on any atom is -0.491 e. The molecule has 0 radical (unpaired) electrons. The molecular weight excluding hydrogens is 366 g/mol. The number of hydrogen-bond donors (Lipinski definition) is 2. The summed E-state index contributed by atoms with van der Waals surface area (Å²) >= 11 is 0. The predicted molar refractivity (Wildman–Crippen MR) is 115 cm³/mol. The molecule has 4 N–H and O–H groups in total. The average molecular weight is 393 g/mol. The van der Waals surface area contributed by atoms with E-state index in [0.717, 1.165) is 34.1 Å². The molecule has 3 aromatic rings. The summed E-state index contributed by atoms with van der Waals surface area (Å²) in [6, 6.07) is 15.5. The highest BCUT2D eigenvalue weighted by atomic mass is 16.6. The number of nitrogens with two attached hydrogens (primary N) is 2. The zero-order valence-corrected chi connectivity index (χ0v) is 17.0.